The lowest BCUT2D eigenvalue weighted by atomic mass is 9.92. The first-order chi connectivity index (χ1) is 15.7. The molecule has 10 nitrogen and oxygen atoms in total. The third-order valence-corrected chi connectivity index (χ3v) is 5.63. The second-order valence-corrected chi connectivity index (χ2v) is 7.40. The van der Waals surface area contributed by atoms with Crippen LogP contribution in [0.5, 0.6) is 0 Å². The minimum atomic E-state index is -2.91. The molecule has 2 aliphatic heterocycles. The van der Waals surface area contributed by atoms with E-state index in [0.29, 0.717) is 0 Å². The Morgan fingerprint density at radius 1 is 0.697 bits per heavy atom. The van der Waals surface area contributed by atoms with Gasteiger partial charge in [-0.1, -0.05) is 36.4 Å². The van der Waals surface area contributed by atoms with Gasteiger partial charge in [0.15, 0.2) is 0 Å². The number of fused-ring (bicyclic) bond motifs is 2. The zero-order valence-electron chi connectivity index (χ0n) is 16.9. The number of carboxylic acids is 2. The number of nitrogens with zero attached hydrogens (tertiary/aromatic N) is 2. The molecule has 10 heteroatoms. The maximum absolute atomic E-state index is 12.8. The predicted octanol–water partition coefficient (Wildman–Crippen LogP) is 1.43. The Morgan fingerprint density at radius 2 is 1.09 bits per heavy atom. The Hall–Kier alpha value is -4.60. The second-order valence-electron chi connectivity index (χ2n) is 7.40. The number of carbonyl (C=O) groups is 6. The van der Waals surface area contributed by atoms with E-state index in [1.807, 2.05) is 0 Å². The van der Waals surface area contributed by atoms with Gasteiger partial charge in [-0.05, 0) is 24.3 Å². The van der Waals surface area contributed by atoms with Crippen molar-refractivity contribution >= 4 is 35.6 Å². The van der Waals surface area contributed by atoms with Crippen LogP contribution in [-0.4, -0.2) is 67.7 Å². The van der Waals surface area contributed by atoms with Gasteiger partial charge in [0.1, 0.15) is 0 Å². The standard InChI is InChI=1S/C23H16N2O8/c26-17-13-7-1-2-8-14(13)18(27)24(17)12-6-5-11-23(21(30)31,22(32)33)25-19(28)15-9-3-4-10-16(15)20(25)29/h1-10H,11-12H2,(H,30,31)(H,32,33)/b6-5+. The highest BCUT2D eigenvalue weighted by Gasteiger charge is 2.59. The number of hydrogen-bond acceptors (Lipinski definition) is 6. The van der Waals surface area contributed by atoms with Crippen molar-refractivity contribution in [2.75, 3.05) is 6.54 Å². The number of benzene rings is 2. The lowest BCUT2D eigenvalue weighted by Gasteiger charge is -2.31. The van der Waals surface area contributed by atoms with Gasteiger partial charge in [0.25, 0.3) is 23.6 Å². The SMILES string of the molecule is O=C1c2ccccc2C(=O)N1C/C=C/CC(C(=O)O)(C(=O)O)N1C(=O)c2ccccc2C1=O. The van der Waals surface area contributed by atoms with Gasteiger partial charge in [0.05, 0.1) is 22.3 Å². The van der Waals surface area contributed by atoms with Crippen LogP contribution >= 0.6 is 0 Å². The molecule has 4 amide bonds. The largest absolute Gasteiger partial charge is 0.479 e. The van der Waals surface area contributed by atoms with Crippen LogP contribution in [0.25, 0.3) is 0 Å². The molecule has 2 heterocycles. The normalized spacial score (nSPS) is 15.4. The van der Waals surface area contributed by atoms with Gasteiger partial charge in [-0.3, -0.25) is 24.1 Å². The number of carbonyl (C=O) groups excluding carboxylic acids is 4. The van der Waals surface area contributed by atoms with Crippen molar-refractivity contribution in [2.24, 2.45) is 0 Å². The summed E-state index contributed by atoms with van der Waals surface area (Å²) in [6.45, 7) is -0.246. The minimum Gasteiger partial charge on any atom is -0.479 e. The molecule has 0 saturated carbocycles. The third kappa shape index (κ3) is 3.11. The molecule has 0 aliphatic carbocycles. The monoisotopic (exact) mass is 448 g/mol. The number of aliphatic carboxylic acids is 2. The van der Waals surface area contributed by atoms with Crippen molar-refractivity contribution in [2.45, 2.75) is 12.0 Å². The molecule has 2 aromatic carbocycles. The number of amides is 4. The van der Waals surface area contributed by atoms with Gasteiger partial charge in [-0.15, -0.1) is 0 Å². The molecule has 166 valence electrons. The zero-order valence-corrected chi connectivity index (χ0v) is 16.9. The average Bonchev–Trinajstić information content (AvgIpc) is 3.19. The molecule has 2 aromatic rings. The smallest absolute Gasteiger partial charge is 0.342 e. The van der Waals surface area contributed by atoms with Crippen molar-refractivity contribution in [3.05, 3.63) is 82.9 Å². The van der Waals surface area contributed by atoms with Crippen LogP contribution in [0.4, 0.5) is 0 Å². The first-order valence-electron chi connectivity index (χ1n) is 9.76. The van der Waals surface area contributed by atoms with Gasteiger partial charge in [-0.2, -0.15) is 0 Å². The van der Waals surface area contributed by atoms with Crippen LogP contribution in [0.3, 0.4) is 0 Å². The van der Waals surface area contributed by atoms with Crippen LogP contribution in [-0.2, 0) is 9.59 Å². The van der Waals surface area contributed by atoms with E-state index in [1.165, 1.54) is 42.5 Å². The molecule has 0 saturated heterocycles. The van der Waals surface area contributed by atoms with E-state index in [2.05, 4.69) is 0 Å². The fraction of sp³-hybridized carbons (Fsp3) is 0.130. The molecule has 0 spiro atoms. The van der Waals surface area contributed by atoms with E-state index < -0.39 is 47.5 Å². The number of imide groups is 2. The Labute approximate surface area is 186 Å². The van der Waals surface area contributed by atoms with Gasteiger partial charge in [-0.25, -0.2) is 14.5 Å². The summed E-state index contributed by atoms with van der Waals surface area (Å²) < 4.78 is 0. The fourth-order valence-electron chi connectivity index (χ4n) is 3.92. The van der Waals surface area contributed by atoms with Gasteiger partial charge in [0.2, 0.25) is 5.54 Å². The van der Waals surface area contributed by atoms with Crippen molar-refractivity contribution in [1.29, 1.82) is 0 Å². The zero-order chi connectivity index (χ0) is 23.9. The van der Waals surface area contributed by atoms with Crippen molar-refractivity contribution in [3.63, 3.8) is 0 Å². The second kappa shape index (κ2) is 7.83. The van der Waals surface area contributed by atoms with E-state index in [4.69, 9.17) is 0 Å². The predicted molar refractivity (Wildman–Crippen MR) is 111 cm³/mol. The van der Waals surface area contributed by atoms with Crippen LogP contribution in [0.1, 0.15) is 47.9 Å². The molecule has 0 aromatic heterocycles. The molecule has 2 N–H and O–H groups in total. The number of carboxylic acid groups (broad SMARTS) is 2. The van der Waals surface area contributed by atoms with Crippen LogP contribution in [0, 0.1) is 0 Å². The van der Waals surface area contributed by atoms with Crippen LogP contribution < -0.4 is 0 Å². The summed E-state index contributed by atoms with van der Waals surface area (Å²) in [5, 5.41) is 19.6. The molecule has 0 radical (unpaired) electrons. The van der Waals surface area contributed by atoms with E-state index in [-0.39, 0.29) is 33.7 Å². The van der Waals surface area contributed by atoms with Crippen molar-refractivity contribution in [1.82, 2.24) is 9.80 Å². The van der Waals surface area contributed by atoms with Crippen molar-refractivity contribution in [3.8, 4) is 0 Å². The summed E-state index contributed by atoms with van der Waals surface area (Å²) >= 11 is 0. The van der Waals surface area contributed by atoms with Gasteiger partial charge in [0, 0.05) is 13.0 Å². The Balaban J connectivity index is 1.60. The van der Waals surface area contributed by atoms with E-state index in [9.17, 15) is 39.0 Å². The van der Waals surface area contributed by atoms with Crippen LogP contribution in [0.2, 0.25) is 0 Å². The Morgan fingerprint density at radius 3 is 1.48 bits per heavy atom. The summed E-state index contributed by atoms with van der Waals surface area (Å²) in [6, 6.07) is 11.8. The summed E-state index contributed by atoms with van der Waals surface area (Å²) in [7, 11) is 0. The fourth-order valence-corrected chi connectivity index (χ4v) is 3.92. The molecule has 0 unspecified atom stereocenters. The maximum atomic E-state index is 12.8. The lowest BCUT2D eigenvalue weighted by molar-refractivity contribution is -0.163. The lowest BCUT2D eigenvalue weighted by Crippen LogP contribution is -2.62. The van der Waals surface area contributed by atoms with Crippen LogP contribution in [0.15, 0.2) is 60.7 Å². The molecule has 0 fully saturated rings. The number of rotatable bonds is 7. The third-order valence-electron chi connectivity index (χ3n) is 5.63. The highest BCUT2D eigenvalue weighted by molar-refractivity contribution is 6.26. The van der Waals surface area contributed by atoms with E-state index >= 15 is 0 Å². The highest BCUT2D eigenvalue weighted by atomic mass is 16.4. The molecule has 0 atom stereocenters. The summed E-state index contributed by atoms with van der Waals surface area (Å²) in [5.74, 6) is -6.96. The summed E-state index contributed by atoms with van der Waals surface area (Å²) in [6.07, 6.45) is 1.60. The summed E-state index contributed by atoms with van der Waals surface area (Å²) in [5.41, 5.74) is -2.64. The van der Waals surface area contributed by atoms with E-state index in [0.717, 1.165) is 11.0 Å². The maximum Gasteiger partial charge on any atom is 0.342 e. The molecular weight excluding hydrogens is 432 g/mol. The molecule has 0 bridgehead atoms. The van der Waals surface area contributed by atoms with Crippen molar-refractivity contribution < 1.29 is 39.0 Å². The Bertz CT molecular complexity index is 1190. The minimum absolute atomic E-state index is 0.0932. The molecule has 33 heavy (non-hydrogen) atoms. The molecule has 4 rings (SSSR count). The topological polar surface area (TPSA) is 149 Å². The first kappa shape index (κ1) is 21.6. The van der Waals surface area contributed by atoms with E-state index in [1.54, 1.807) is 12.1 Å². The number of hydrogen-bond donors (Lipinski definition) is 2. The quantitative estimate of drug-likeness (QED) is 0.367. The Kier molecular flexibility index (Phi) is 5.13. The average molecular weight is 448 g/mol. The van der Waals surface area contributed by atoms with Gasteiger partial charge >= 0.3 is 11.9 Å². The molecule has 2 aliphatic rings. The first-order valence-corrected chi connectivity index (χ1v) is 9.76. The highest BCUT2D eigenvalue weighted by Crippen LogP contribution is 2.33. The summed E-state index contributed by atoms with van der Waals surface area (Å²) in [4.78, 5) is 75.8. The molecular formula is C23H16N2O8. The van der Waals surface area contributed by atoms with Gasteiger partial charge < -0.3 is 10.2 Å².